The van der Waals surface area contributed by atoms with Crippen molar-refractivity contribution in [2.75, 3.05) is 85.3 Å². The Morgan fingerprint density at radius 2 is 0.743 bits per heavy atom. The van der Waals surface area contributed by atoms with E-state index >= 15 is 0 Å². The van der Waals surface area contributed by atoms with Gasteiger partial charge < -0.3 is 146 Å². The van der Waals surface area contributed by atoms with Crippen LogP contribution in [-0.2, 0) is 82.8 Å². The number of ether oxygens (including phenoxy) is 9. The Labute approximate surface area is 609 Å². The molecule has 4 saturated heterocycles. The second-order valence-corrected chi connectivity index (χ2v) is 26.4. The zero-order chi connectivity index (χ0) is 77.1. The summed E-state index contributed by atoms with van der Waals surface area (Å²) >= 11 is 0. The largest absolute Gasteiger partial charge is 0.445 e. The number of benzene rings is 1. The molecule has 0 unspecified atom stereocenters. The number of carbonyl (C=O) groups is 8. The summed E-state index contributed by atoms with van der Waals surface area (Å²) in [4.78, 5) is 108. The molecular weight excluding hydrogens is 1390 g/mol. The number of nitrogens with one attached hydrogen (secondary N) is 8. The Morgan fingerprint density at radius 3 is 1.19 bits per heavy atom. The van der Waals surface area contributed by atoms with Crippen molar-refractivity contribution < 1.29 is 142 Å². The number of rotatable bonds is 46. The molecule has 20 N–H and O–H groups in total. The van der Waals surface area contributed by atoms with Crippen LogP contribution >= 0.6 is 0 Å². The number of aliphatic hydroxyl groups is 12. The van der Waals surface area contributed by atoms with E-state index in [2.05, 4.69) is 42.5 Å². The van der Waals surface area contributed by atoms with Crippen LogP contribution in [0.2, 0.25) is 0 Å². The van der Waals surface area contributed by atoms with E-state index in [0.29, 0.717) is 38.5 Å². The molecule has 8 amide bonds. The summed E-state index contributed by atoms with van der Waals surface area (Å²) in [5, 5.41) is 144. The van der Waals surface area contributed by atoms with Gasteiger partial charge in [0, 0.05) is 65.1 Å². The third kappa shape index (κ3) is 31.2. The van der Waals surface area contributed by atoms with Crippen molar-refractivity contribution >= 4 is 47.4 Å². The van der Waals surface area contributed by atoms with E-state index in [9.17, 15) is 99.6 Å². The molecule has 22 atom stereocenters. The van der Waals surface area contributed by atoms with Gasteiger partial charge in [0.2, 0.25) is 41.4 Å². The van der Waals surface area contributed by atoms with E-state index in [4.69, 9.17) is 42.6 Å². The normalized spacial score (nSPS) is 29.5. The quantitative estimate of drug-likeness (QED) is 0.0270. The van der Waals surface area contributed by atoms with Crippen molar-refractivity contribution in [2.24, 2.45) is 0 Å². The molecule has 4 heterocycles. The van der Waals surface area contributed by atoms with Crippen LogP contribution in [0.3, 0.4) is 0 Å². The number of amides is 8. The predicted octanol–water partition coefficient (Wildman–Crippen LogP) is -6.79. The first kappa shape index (κ1) is 89.6. The van der Waals surface area contributed by atoms with Crippen LogP contribution in [0, 0.1) is 0 Å². The van der Waals surface area contributed by atoms with Crippen LogP contribution in [0.5, 0.6) is 0 Å². The lowest BCUT2D eigenvalue weighted by atomic mass is 10.0. The minimum Gasteiger partial charge on any atom is -0.445 e. The molecule has 38 nitrogen and oxygen atoms in total. The minimum absolute atomic E-state index is 0.0202. The van der Waals surface area contributed by atoms with Crippen molar-refractivity contribution in [1.29, 1.82) is 0 Å². The molecular formula is C67H113N9O29. The van der Waals surface area contributed by atoms with E-state index in [-0.39, 0.29) is 130 Å². The minimum atomic E-state index is -1.66. The lowest BCUT2D eigenvalue weighted by Crippen LogP contribution is -2.58. The lowest BCUT2D eigenvalue weighted by molar-refractivity contribution is -0.292. The zero-order valence-electron chi connectivity index (χ0n) is 59.9. The molecule has 0 radical (unpaired) electrons. The first-order chi connectivity index (χ1) is 50.1. The lowest BCUT2D eigenvalue weighted by Gasteiger charge is -2.39. The highest BCUT2D eigenvalue weighted by molar-refractivity contribution is 5.88. The fourth-order valence-electron chi connectivity index (χ4n) is 11.6. The standard InChI is InChI=1S/C67H113N9O29/c1-37-49(82)53(86)57(90)63(102-37)97-30-26-69-44(77)19-10-6-13-24-72-61(94)42(75-46(79)20-11-7-14-25-74-67(96)101-36-41-16-8-5-9-17-41)21-22-45(78)68-23-15-12-18-43(62(95)73-29-33-100-66-60(93)56(89)52(85)40(4)105-66)76(34-47(80)70-27-31-98-64-58(91)54(87)50(83)38(2)103-64)35-48(81)71-28-32-99-65-59(92)55(88)51(84)39(3)104-65/h5,8-9,16-17,37-40,42-43,49-60,63-66,82-93H,6-7,10-15,18-36H2,1-4H3,(H,68,78)(H,69,77)(H,70,80)(H,71,81)(H,72,94)(H,73,95)(H,74,96)(H,75,79)/t37-,38-,39-,40-,42-,43-,49+,50+,51+,52+,53+,54+,55+,56+,57-,58-,59-,60-,63+,64+,65+,66+/m0/s1. The maximum absolute atomic E-state index is 14.4. The van der Waals surface area contributed by atoms with Gasteiger partial charge in [0.1, 0.15) is 85.9 Å². The molecule has 0 aromatic heterocycles. The molecule has 105 heavy (non-hydrogen) atoms. The molecule has 38 heteroatoms. The molecule has 1 aromatic carbocycles. The van der Waals surface area contributed by atoms with Gasteiger partial charge in [-0.05, 0) is 84.6 Å². The number of alkyl carbamates (subject to hydrolysis) is 1. The maximum atomic E-state index is 14.4. The number of unbranched alkanes of at least 4 members (excludes halogenated alkanes) is 5. The topological polar surface area (TPSA) is 562 Å². The Balaban J connectivity index is 1.18. The van der Waals surface area contributed by atoms with Crippen LogP contribution in [-0.4, -0.2) is 334 Å². The van der Waals surface area contributed by atoms with Crippen LogP contribution in [0.1, 0.15) is 117 Å². The molecule has 1 aromatic rings. The third-order valence-electron chi connectivity index (χ3n) is 18.0. The molecule has 0 saturated carbocycles. The van der Waals surface area contributed by atoms with Crippen LogP contribution in [0.15, 0.2) is 30.3 Å². The van der Waals surface area contributed by atoms with E-state index in [1.165, 1.54) is 32.6 Å². The molecule has 4 aliphatic rings. The summed E-state index contributed by atoms with van der Waals surface area (Å²) in [5.74, 6) is -4.00. The molecule has 4 aliphatic heterocycles. The number of hydrogen-bond donors (Lipinski definition) is 20. The molecule has 0 spiro atoms. The SMILES string of the molecule is C[C@@H]1O[C@@H](OCCNC(=O)CCCCCNC(=O)[C@H](CCC(=O)NCCCC[C@@H](C(=O)NCCO[C@@H]2O[C@@H](C)[C@@H](O)[C@@H](O)[C@@H]2O)N(CC(=O)NCCO[C@@H]2O[C@@H](C)[C@@H](O)[C@@H](O)[C@@H]2O)CC(=O)NCCO[C@@H]2O[C@@H](C)[C@@H](O)[C@@H](O)[C@@H]2O)NC(=O)CCCCCNC(=O)OCc2ccccc2)[C@@H](O)[C@H](O)[C@@H]1O. The fourth-order valence-corrected chi connectivity index (χ4v) is 11.6. The van der Waals surface area contributed by atoms with Gasteiger partial charge in [-0.15, -0.1) is 0 Å². The van der Waals surface area contributed by atoms with E-state index < -0.39 is 190 Å². The second-order valence-electron chi connectivity index (χ2n) is 26.4. The van der Waals surface area contributed by atoms with Crippen molar-refractivity contribution in [3.63, 3.8) is 0 Å². The summed E-state index contributed by atoms with van der Waals surface area (Å²) in [5.41, 5.74) is 0.823. The number of hydrogen-bond acceptors (Lipinski definition) is 30. The molecule has 4 fully saturated rings. The van der Waals surface area contributed by atoms with Gasteiger partial charge in [0.15, 0.2) is 25.2 Å². The highest BCUT2D eigenvalue weighted by Crippen LogP contribution is 2.26. The number of nitrogens with zero attached hydrogens (tertiary/aromatic N) is 1. The van der Waals surface area contributed by atoms with Crippen molar-refractivity contribution in [3.05, 3.63) is 35.9 Å². The zero-order valence-corrected chi connectivity index (χ0v) is 59.9. The van der Waals surface area contributed by atoms with E-state index in [1.807, 2.05) is 30.3 Å². The van der Waals surface area contributed by atoms with Crippen molar-refractivity contribution in [2.45, 2.75) is 253 Å². The maximum Gasteiger partial charge on any atom is 0.407 e. The average molecular weight is 1510 g/mol. The number of carbonyl (C=O) groups excluding carboxylic acids is 8. The van der Waals surface area contributed by atoms with Crippen molar-refractivity contribution in [1.82, 2.24) is 47.4 Å². The summed E-state index contributed by atoms with van der Waals surface area (Å²) in [7, 11) is 0. The Bertz CT molecular complexity index is 2710. The Morgan fingerprint density at radius 1 is 0.381 bits per heavy atom. The van der Waals surface area contributed by atoms with Gasteiger partial charge in [0.05, 0.1) is 70.0 Å². The monoisotopic (exact) mass is 1510 g/mol. The van der Waals surface area contributed by atoms with Crippen LogP contribution in [0.4, 0.5) is 4.79 Å². The van der Waals surface area contributed by atoms with Crippen LogP contribution in [0.25, 0.3) is 0 Å². The third-order valence-corrected chi connectivity index (χ3v) is 18.0. The van der Waals surface area contributed by atoms with Gasteiger partial charge in [0.25, 0.3) is 0 Å². The highest BCUT2D eigenvalue weighted by Gasteiger charge is 2.46. The highest BCUT2D eigenvalue weighted by atomic mass is 16.7. The predicted molar refractivity (Wildman–Crippen MR) is 363 cm³/mol. The van der Waals surface area contributed by atoms with E-state index in [1.54, 1.807) is 0 Å². The smallest absolute Gasteiger partial charge is 0.407 e. The van der Waals surface area contributed by atoms with Gasteiger partial charge >= 0.3 is 6.09 Å². The molecule has 600 valence electrons. The van der Waals surface area contributed by atoms with Crippen molar-refractivity contribution in [3.8, 4) is 0 Å². The summed E-state index contributed by atoms with van der Waals surface area (Å²) in [6, 6.07) is 6.70. The fraction of sp³-hybridized carbons (Fsp3) is 0.791. The molecule has 0 aliphatic carbocycles. The van der Waals surface area contributed by atoms with Gasteiger partial charge in [-0.2, -0.15) is 0 Å². The van der Waals surface area contributed by atoms with E-state index in [0.717, 1.165) is 5.56 Å². The van der Waals surface area contributed by atoms with Gasteiger partial charge in [-0.1, -0.05) is 43.2 Å². The Hall–Kier alpha value is -6.06. The first-order valence-electron chi connectivity index (χ1n) is 35.9. The Kier molecular flexibility index (Phi) is 40.7. The van der Waals surface area contributed by atoms with Gasteiger partial charge in [-0.25, -0.2) is 4.79 Å². The number of aliphatic hydroxyl groups excluding tert-OH is 12. The summed E-state index contributed by atoms with van der Waals surface area (Å²) in [6.45, 7) is 3.72. The molecule has 0 bridgehead atoms. The summed E-state index contributed by atoms with van der Waals surface area (Å²) < 4.78 is 49.2. The van der Waals surface area contributed by atoms with Crippen LogP contribution < -0.4 is 42.5 Å². The molecule has 5 rings (SSSR count). The summed E-state index contributed by atoms with van der Waals surface area (Å²) in [6.07, 6.45) is -24.7. The second kappa shape index (κ2) is 47.7. The van der Waals surface area contributed by atoms with Gasteiger partial charge in [-0.3, -0.25) is 38.5 Å². The first-order valence-corrected chi connectivity index (χ1v) is 35.9. The average Bonchev–Trinajstić information content (AvgIpc) is 0.845.